The zero-order valence-electron chi connectivity index (χ0n) is 42.4. The van der Waals surface area contributed by atoms with E-state index in [1.54, 1.807) is 12.3 Å². The number of Topliss-reactive ketones (excluding diaryl/α,β-unsaturated/α-hetero) is 2. The number of aliphatic hydroxyl groups is 2. The lowest BCUT2D eigenvalue weighted by Crippen LogP contribution is -2.39. The number of benzene rings is 4. The first kappa shape index (κ1) is 49.6. The number of carbonyl (C=O) groups is 2. The SMILES string of the molecule is O=C1CCc2cc(c(O)c(OC3CCCC3)c2)Cc2ccc(C3(C(O)Cc4ccccc4)CCCC3)c(c2)Cc2cc[nH]c2[N-]CC2=Cc3[n-]ccc3C(CC3C=Cc4c(O)cccc4CC3)C2C(=O)C1CCO. The summed E-state index contributed by atoms with van der Waals surface area (Å²) in [4.78, 5) is 38.7. The lowest BCUT2D eigenvalue weighted by Gasteiger charge is -2.38. The van der Waals surface area contributed by atoms with Crippen molar-refractivity contribution in [3.05, 3.63) is 182 Å². The third-order valence-electron chi connectivity index (χ3n) is 17.4. The number of hydrogen-bond donors (Lipinski definition) is 5. The standard InChI is InChI=1S/C64H69N3O7/c68-30-25-52-57(70)22-18-43-33-47(61(72)58(35-43)74-49-12-4-5-13-49)32-42-17-21-54(64(26-6-7-27-64)59(71)36-40-9-2-1-3-10-40)46(31-42)37-45-23-28-66-63(45)67-39-48-38-55-51(24-29-65-55)53(60(48)62(52)73)34-41-15-19-44-11-8-14-56(69)50(44)20-16-41/h1-3,8-11,14,16-17,20-21,23-24,28-29,31,33,35,38,41,49,52-53,59-60,66,68-69,71-72H,4-7,12-13,15,18-19,22,25-27,30,32,34,36-37,39H2/q-2. The number of H-pyrrole nitrogens is 1. The highest BCUT2D eigenvalue weighted by Crippen LogP contribution is 2.49. The van der Waals surface area contributed by atoms with Crippen LogP contribution in [0.25, 0.3) is 17.5 Å². The Hall–Kier alpha value is -6.62. The van der Waals surface area contributed by atoms with Gasteiger partial charge in [-0.2, -0.15) is 6.20 Å². The fourth-order valence-electron chi connectivity index (χ4n) is 13.5. The van der Waals surface area contributed by atoms with E-state index in [2.05, 4.69) is 53.5 Å². The van der Waals surface area contributed by atoms with Crippen LogP contribution in [0.5, 0.6) is 17.2 Å². The van der Waals surface area contributed by atoms with Crippen molar-refractivity contribution in [3.8, 4) is 17.2 Å². The van der Waals surface area contributed by atoms with Crippen LogP contribution in [0, 0.1) is 17.8 Å². The Bertz CT molecular complexity index is 3040. The topological polar surface area (TPSA) is 168 Å². The number of rotatable bonds is 10. The predicted octanol–water partition coefficient (Wildman–Crippen LogP) is 11.9. The zero-order valence-corrected chi connectivity index (χ0v) is 42.4. The summed E-state index contributed by atoms with van der Waals surface area (Å²) in [6, 6.07) is 30.5. The fraction of sp³-hybridized carbons (Fsp3) is 0.406. The van der Waals surface area contributed by atoms with Crippen LogP contribution < -0.4 is 9.72 Å². The molecule has 10 heteroatoms. The lowest BCUT2D eigenvalue weighted by molar-refractivity contribution is -0.135. The average Bonchev–Trinajstić information content (AvgIpc) is 4.26. The van der Waals surface area contributed by atoms with Crippen molar-refractivity contribution in [2.75, 3.05) is 13.2 Å². The molecule has 0 spiro atoms. The molecule has 2 saturated carbocycles. The second kappa shape index (κ2) is 21.7. The molecule has 0 amide bonds. The largest absolute Gasteiger partial charge is 0.664 e. The summed E-state index contributed by atoms with van der Waals surface area (Å²) < 4.78 is 6.57. The summed E-state index contributed by atoms with van der Waals surface area (Å²) in [6.45, 7) is -0.132. The second-order valence-corrected chi connectivity index (χ2v) is 22.0. The molecule has 2 fully saturated rings. The Morgan fingerprint density at radius 2 is 1.62 bits per heavy atom. The number of hydrogen-bond acceptors (Lipinski definition) is 7. The minimum absolute atomic E-state index is 0.00641. The van der Waals surface area contributed by atoms with E-state index in [1.165, 1.54) is 0 Å². The lowest BCUT2D eigenvalue weighted by atomic mass is 9.67. The van der Waals surface area contributed by atoms with E-state index < -0.39 is 23.4 Å². The molecule has 4 aromatic carbocycles. The maximum atomic E-state index is 15.7. The first-order chi connectivity index (χ1) is 36.1. The van der Waals surface area contributed by atoms with Crippen molar-refractivity contribution in [3.63, 3.8) is 0 Å². The molecule has 5 atom stereocenters. The highest BCUT2D eigenvalue weighted by atomic mass is 16.5. The molecule has 384 valence electrons. The molecule has 2 aromatic heterocycles. The molecule has 5 N–H and O–H groups in total. The summed E-state index contributed by atoms with van der Waals surface area (Å²) in [5.74, 6) is -1.01. The van der Waals surface area contributed by atoms with Crippen molar-refractivity contribution >= 4 is 29.5 Å². The zero-order chi connectivity index (χ0) is 50.8. The minimum atomic E-state index is -1.06. The number of fused-ring (bicyclic) bond motifs is 8. The van der Waals surface area contributed by atoms with Crippen LogP contribution in [0.4, 0.5) is 5.82 Å². The first-order valence-corrected chi connectivity index (χ1v) is 27.3. The number of ether oxygens (including phenoxy) is 1. The Kier molecular flexibility index (Phi) is 14.5. The average molecular weight is 992 g/mol. The molecule has 5 unspecified atom stereocenters. The van der Waals surface area contributed by atoms with Gasteiger partial charge >= 0.3 is 0 Å². The number of nitrogens with zero attached hydrogens (tertiary/aromatic N) is 2. The van der Waals surface area contributed by atoms with E-state index in [-0.39, 0.29) is 67.0 Å². The van der Waals surface area contributed by atoms with Crippen LogP contribution in [-0.2, 0) is 47.1 Å². The van der Waals surface area contributed by atoms with Gasteiger partial charge in [0, 0.05) is 41.9 Å². The molecule has 10 nitrogen and oxygen atoms in total. The van der Waals surface area contributed by atoms with Gasteiger partial charge < -0.3 is 40.4 Å². The van der Waals surface area contributed by atoms with Crippen LogP contribution in [0.2, 0.25) is 0 Å². The molecule has 4 bridgehead atoms. The number of nitrogens with one attached hydrogen (secondary N) is 1. The molecule has 6 aromatic rings. The number of phenols is 2. The highest BCUT2D eigenvalue weighted by molar-refractivity contribution is 6.05. The van der Waals surface area contributed by atoms with Gasteiger partial charge in [0.05, 0.1) is 18.1 Å². The van der Waals surface area contributed by atoms with Crippen LogP contribution in [0.1, 0.15) is 144 Å². The maximum absolute atomic E-state index is 15.7. The van der Waals surface area contributed by atoms with Gasteiger partial charge in [-0.25, -0.2) is 0 Å². The van der Waals surface area contributed by atoms with Crippen molar-refractivity contribution in [2.45, 2.75) is 133 Å². The molecule has 0 saturated heterocycles. The molecular formula is C64H69N3O7-2. The van der Waals surface area contributed by atoms with Crippen LogP contribution in [0.15, 0.2) is 115 Å². The smallest absolute Gasteiger partial charge is 0.161 e. The van der Waals surface area contributed by atoms with Crippen molar-refractivity contribution in [1.29, 1.82) is 0 Å². The number of aliphatic hydroxyl groups excluding tert-OH is 2. The molecule has 11 rings (SSSR count). The Morgan fingerprint density at radius 1 is 0.797 bits per heavy atom. The monoisotopic (exact) mass is 992 g/mol. The number of ketones is 2. The maximum Gasteiger partial charge on any atom is 0.161 e. The van der Waals surface area contributed by atoms with E-state index in [1.807, 2.05) is 60.8 Å². The van der Waals surface area contributed by atoms with Crippen molar-refractivity contribution < 1.29 is 34.8 Å². The van der Waals surface area contributed by atoms with E-state index in [0.29, 0.717) is 49.2 Å². The molecular weight excluding hydrogens is 923 g/mol. The van der Waals surface area contributed by atoms with Crippen LogP contribution in [0.3, 0.4) is 0 Å². The van der Waals surface area contributed by atoms with Gasteiger partial charge in [0.2, 0.25) is 0 Å². The Balaban J connectivity index is 1.01. The highest BCUT2D eigenvalue weighted by Gasteiger charge is 2.44. The number of aryl methyl sites for hydroxylation is 2. The minimum Gasteiger partial charge on any atom is -0.664 e. The van der Waals surface area contributed by atoms with Gasteiger partial charge in [-0.3, -0.25) is 9.59 Å². The molecule has 3 heterocycles. The number of phenolic OH excluding ortho intramolecular Hbond substituents is 2. The van der Waals surface area contributed by atoms with Gasteiger partial charge in [0.15, 0.2) is 17.3 Å². The number of carbonyl (C=O) groups excluding carboxylic acids is 2. The Morgan fingerprint density at radius 3 is 2.45 bits per heavy atom. The molecule has 74 heavy (non-hydrogen) atoms. The molecule has 0 radical (unpaired) electrons. The number of aromatic hydroxyl groups is 2. The van der Waals surface area contributed by atoms with E-state index in [4.69, 9.17) is 15.0 Å². The van der Waals surface area contributed by atoms with Gasteiger partial charge in [-0.15, -0.1) is 5.69 Å². The van der Waals surface area contributed by atoms with E-state index in [9.17, 15) is 25.2 Å². The van der Waals surface area contributed by atoms with Crippen LogP contribution >= 0.6 is 0 Å². The predicted molar refractivity (Wildman–Crippen MR) is 289 cm³/mol. The summed E-state index contributed by atoms with van der Waals surface area (Å²) >= 11 is 0. The quantitative estimate of drug-likeness (QED) is 0.0845. The van der Waals surface area contributed by atoms with Crippen molar-refractivity contribution in [1.82, 2.24) is 9.97 Å². The number of allylic oxidation sites excluding steroid dienone is 1. The molecule has 1 aliphatic heterocycles. The Labute approximate surface area is 435 Å². The number of aromatic amines is 1. The fourth-order valence-corrected chi connectivity index (χ4v) is 13.5. The second-order valence-electron chi connectivity index (χ2n) is 22.0. The third kappa shape index (κ3) is 10.2. The van der Waals surface area contributed by atoms with Crippen molar-refractivity contribution in [2.24, 2.45) is 17.8 Å². The summed E-state index contributed by atoms with van der Waals surface area (Å²) in [5.41, 5.74) is 10.9. The van der Waals surface area contributed by atoms with Gasteiger partial charge in [0.1, 0.15) is 11.5 Å². The van der Waals surface area contributed by atoms with E-state index in [0.717, 1.165) is 126 Å². The van der Waals surface area contributed by atoms with Gasteiger partial charge in [0.25, 0.3) is 0 Å². The summed E-state index contributed by atoms with van der Waals surface area (Å²) in [7, 11) is 0. The molecule has 4 aliphatic carbocycles. The third-order valence-corrected chi connectivity index (χ3v) is 17.4. The normalized spacial score (nSPS) is 22.4. The molecule has 5 aliphatic rings. The van der Waals surface area contributed by atoms with E-state index >= 15 is 4.79 Å². The first-order valence-electron chi connectivity index (χ1n) is 27.3. The summed E-state index contributed by atoms with van der Waals surface area (Å²) in [6.07, 6.45) is 21.1. The van der Waals surface area contributed by atoms with Gasteiger partial charge in [-0.1, -0.05) is 133 Å². The van der Waals surface area contributed by atoms with Crippen LogP contribution in [-0.4, -0.2) is 62.3 Å². The summed E-state index contributed by atoms with van der Waals surface area (Å²) in [5, 5.41) is 51.2. The number of aromatic nitrogens is 2. The van der Waals surface area contributed by atoms with Gasteiger partial charge in [-0.05, 0) is 153 Å².